The fourth-order valence-corrected chi connectivity index (χ4v) is 2.02. The van der Waals surface area contributed by atoms with Crippen LogP contribution in [0.25, 0.3) is 0 Å². The fraction of sp³-hybridized carbons (Fsp3) is 0.909. The zero-order valence-electron chi connectivity index (χ0n) is 10.1. The number of hydrogen-bond donors (Lipinski definition) is 2. The average Bonchev–Trinajstić information content (AvgIpc) is 2.23. The largest absolute Gasteiger partial charge is 0.372 e. The van der Waals surface area contributed by atoms with E-state index in [-0.39, 0.29) is 24.4 Å². The Morgan fingerprint density at radius 3 is 2.44 bits per heavy atom. The first-order valence-corrected chi connectivity index (χ1v) is 5.76. The normalized spacial score (nSPS) is 26.7. The van der Waals surface area contributed by atoms with Crippen molar-refractivity contribution in [3.05, 3.63) is 0 Å². The van der Waals surface area contributed by atoms with Gasteiger partial charge in [-0.3, -0.25) is 4.79 Å². The van der Waals surface area contributed by atoms with E-state index in [0.717, 1.165) is 25.7 Å². The second-order valence-corrected chi connectivity index (χ2v) is 4.25. The topological polar surface area (TPSA) is 64.3 Å². The molecule has 1 amide bonds. The number of amides is 1. The second-order valence-electron chi connectivity index (χ2n) is 4.25. The third-order valence-electron chi connectivity index (χ3n) is 3.07. The van der Waals surface area contributed by atoms with Crippen molar-refractivity contribution in [2.75, 3.05) is 7.11 Å². The Morgan fingerprint density at radius 1 is 1.44 bits per heavy atom. The van der Waals surface area contributed by atoms with Crippen LogP contribution in [0.3, 0.4) is 0 Å². The lowest BCUT2D eigenvalue weighted by atomic mass is 9.91. The van der Waals surface area contributed by atoms with Crippen molar-refractivity contribution < 1.29 is 9.53 Å². The molecule has 1 aliphatic rings. The smallest absolute Gasteiger partial charge is 0.249 e. The summed E-state index contributed by atoms with van der Waals surface area (Å²) in [6, 6.07) is 0.615. The molecule has 0 heterocycles. The molecule has 1 unspecified atom stereocenters. The lowest BCUT2D eigenvalue weighted by Gasteiger charge is -2.28. The van der Waals surface area contributed by atoms with E-state index in [9.17, 15) is 4.79 Å². The number of carbonyl (C=O) groups is 1. The maximum Gasteiger partial charge on any atom is 0.249 e. The first kappa shape index (κ1) is 15.7. The van der Waals surface area contributed by atoms with Crippen molar-refractivity contribution in [2.24, 2.45) is 5.73 Å². The van der Waals surface area contributed by atoms with Gasteiger partial charge in [-0.15, -0.1) is 12.4 Å². The van der Waals surface area contributed by atoms with Gasteiger partial charge in [-0.1, -0.05) is 6.92 Å². The summed E-state index contributed by atoms with van der Waals surface area (Å²) in [5, 5.41) is 3.02. The Hall–Kier alpha value is -0.320. The Kier molecular flexibility index (Phi) is 7.72. The quantitative estimate of drug-likeness (QED) is 0.789. The first-order valence-electron chi connectivity index (χ1n) is 5.76. The highest BCUT2D eigenvalue weighted by Gasteiger charge is 2.23. The molecule has 0 aliphatic heterocycles. The summed E-state index contributed by atoms with van der Waals surface area (Å²) in [5.41, 5.74) is 5.80. The number of rotatable bonds is 4. The zero-order valence-corrected chi connectivity index (χ0v) is 10.9. The average molecular weight is 251 g/mol. The van der Waals surface area contributed by atoms with Gasteiger partial charge in [-0.2, -0.15) is 0 Å². The fourth-order valence-electron chi connectivity index (χ4n) is 2.02. The molecule has 0 aromatic carbocycles. The van der Waals surface area contributed by atoms with Gasteiger partial charge in [0.25, 0.3) is 0 Å². The molecule has 96 valence electrons. The highest BCUT2D eigenvalue weighted by atomic mass is 35.5. The molecule has 1 aliphatic carbocycles. The molecule has 3 N–H and O–H groups in total. The second kappa shape index (κ2) is 7.87. The van der Waals surface area contributed by atoms with Crippen LogP contribution in [-0.2, 0) is 9.53 Å². The van der Waals surface area contributed by atoms with Crippen LogP contribution < -0.4 is 11.1 Å². The minimum atomic E-state index is -0.305. The molecule has 1 rings (SSSR count). The van der Waals surface area contributed by atoms with Crippen LogP contribution in [0.4, 0.5) is 0 Å². The van der Waals surface area contributed by atoms with E-state index < -0.39 is 0 Å². The predicted molar refractivity (Wildman–Crippen MR) is 66.7 cm³/mol. The number of hydrogen-bond acceptors (Lipinski definition) is 3. The molecule has 1 atom stereocenters. The van der Waals surface area contributed by atoms with Crippen molar-refractivity contribution in [3.8, 4) is 0 Å². The van der Waals surface area contributed by atoms with E-state index in [2.05, 4.69) is 5.32 Å². The molecule has 1 fully saturated rings. The molecule has 16 heavy (non-hydrogen) atoms. The molecule has 0 radical (unpaired) electrons. The van der Waals surface area contributed by atoms with Crippen LogP contribution in [0.5, 0.6) is 0 Å². The summed E-state index contributed by atoms with van der Waals surface area (Å²) < 4.78 is 5.09. The van der Waals surface area contributed by atoms with Crippen LogP contribution in [0.15, 0.2) is 0 Å². The van der Waals surface area contributed by atoms with Gasteiger partial charge in [0, 0.05) is 19.2 Å². The maximum atomic E-state index is 11.7. The Bertz CT molecular complexity index is 202. The van der Waals surface area contributed by atoms with Crippen LogP contribution in [0, 0.1) is 0 Å². The molecule has 0 aromatic heterocycles. The molecule has 4 nitrogen and oxygen atoms in total. The van der Waals surface area contributed by atoms with E-state index in [0.29, 0.717) is 18.5 Å². The van der Waals surface area contributed by atoms with Gasteiger partial charge in [-0.25, -0.2) is 0 Å². The van der Waals surface area contributed by atoms with Gasteiger partial charge in [0.2, 0.25) is 5.91 Å². The van der Waals surface area contributed by atoms with Crippen molar-refractivity contribution >= 4 is 18.3 Å². The maximum absolute atomic E-state index is 11.7. The van der Waals surface area contributed by atoms with Crippen LogP contribution in [0.2, 0.25) is 0 Å². The Labute approximate surface area is 104 Å². The van der Waals surface area contributed by atoms with Gasteiger partial charge in [-0.05, 0) is 32.1 Å². The van der Waals surface area contributed by atoms with Crippen LogP contribution >= 0.6 is 12.4 Å². The van der Waals surface area contributed by atoms with E-state index in [1.807, 2.05) is 6.92 Å². The highest BCUT2D eigenvalue weighted by Crippen LogP contribution is 2.17. The Morgan fingerprint density at radius 2 is 2.00 bits per heavy atom. The predicted octanol–water partition coefficient (Wildman–Crippen LogP) is 1.22. The molecule has 5 heteroatoms. The number of carbonyl (C=O) groups excluding carboxylic acids is 1. The van der Waals surface area contributed by atoms with Gasteiger partial charge < -0.3 is 15.8 Å². The van der Waals surface area contributed by atoms with E-state index in [1.54, 1.807) is 7.11 Å². The van der Waals surface area contributed by atoms with Gasteiger partial charge in [0.1, 0.15) is 6.10 Å². The zero-order chi connectivity index (χ0) is 11.3. The van der Waals surface area contributed by atoms with E-state index in [1.165, 1.54) is 0 Å². The molecule has 0 saturated heterocycles. The van der Waals surface area contributed by atoms with Crippen molar-refractivity contribution in [2.45, 2.75) is 57.2 Å². The SMILES string of the molecule is CCC(OC)C(=O)NC1CCC(N)CC1.Cl. The highest BCUT2D eigenvalue weighted by molar-refractivity contribution is 5.85. The number of halogens is 1. The van der Waals surface area contributed by atoms with Gasteiger partial charge in [0.05, 0.1) is 0 Å². The third-order valence-corrected chi connectivity index (χ3v) is 3.07. The number of nitrogens with two attached hydrogens (primary N) is 1. The number of ether oxygens (including phenoxy) is 1. The molecule has 0 spiro atoms. The van der Waals surface area contributed by atoms with Crippen LogP contribution in [0.1, 0.15) is 39.0 Å². The molecular formula is C11H23ClN2O2. The van der Waals surface area contributed by atoms with Crippen molar-refractivity contribution in [1.29, 1.82) is 0 Å². The summed E-state index contributed by atoms with van der Waals surface area (Å²) in [6.07, 6.45) is 4.42. The van der Waals surface area contributed by atoms with Gasteiger partial charge in [0.15, 0.2) is 0 Å². The van der Waals surface area contributed by atoms with Crippen LogP contribution in [-0.4, -0.2) is 31.2 Å². The lowest BCUT2D eigenvalue weighted by molar-refractivity contribution is -0.132. The van der Waals surface area contributed by atoms with E-state index >= 15 is 0 Å². The lowest BCUT2D eigenvalue weighted by Crippen LogP contribution is -2.45. The summed E-state index contributed by atoms with van der Waals surface area (Å²) in [7, 11) is 1.57. The monoisotopic (exact) mass is 250 g/mol. The summed E-state index contributed by atoms with van der Waals surface area (Å²) >= 11 is 0. The minimum absolute atomic E-state index is 0. The molecule has 0 bridgehead atoms. The van der Waals surface area contributed by atoms with E-state index in [4.69, 9.17) is 10.5 Å². The van der Waals surface area contributed by atoms with Crippen molar-refractivity contribution in [3.63, 3.8) is 0 Å². The minimum Gasteiger partial charge on any atom is -0.372 e. The first-order chi connectivity index (χ1) is 7.17. The van der Waals surface area contributed by atoms with Gasteiger partial charge >= 0.3 is 0 Å². The summed E-state index contributed by atoms with van der Waals surface area (Å²) in [6.45, 7) is 1.95. The van der Waals surface area contributed by atoms with Crippen molar-refractivity contribution in [1.82, 2.24) is 5.32 Å². The summed E-state index contributed by atoms with van der Waals surface area (Å²) in [5.74, 6) is 0.0143. The summed E-state index contributed by atoms with van der Waals surface area (Å²) in [4.78, 5) is 11.7. The molecule has 1 saturated carbocycles. The number of methoxy groups -OCH3 is 1. The Balaban J connectivity index is 0.00000225. The number of nitrogens with one attached hydrogen (secondary N) is 1. The third kappa shape index (κ3) is 4.68. The molecule has 0 aromatic rings. The standard InChI is InChI=1S/C11H22N2O2.ClH/c1-3-10(15-2)11(14)13-9-6-4-8(12)5-7-9;/h8-10H,3-7,12H2,1-2H3,(H,13,14);1H. The molecular weight excluding hydrogens is 228 g/mol.